The Hall–Kier alpha value is -1.84. The Morgan fingerprint density at radius 2 is 1.94 bits per heavy atom. The number of unbranched alkanes of at least 4 members (excludes halogenated alkanes) is 2. The van der Waals surface area contributed by atoms with Crippen LogP contribution in [0.3, 0.4) is 0 Å². The molecule has 0 fully saturated rings. The fraction of sp³-hybridized carbons (Fsp3) is 0.429. The van der Waals surface area contributed by atoms with Crippen molar-refractivity contribution in [1.29, 1.82) is 0 Å². The van der Waals surface area contributed by atoms with Gasteiger partial charge in [-0.05, 0) is 18.6 Å². The number of nitrogens with one attached hydrogen (secondary N) is 2. The molecule has 18 heavy (non-hydrogen) atoms. The lowest BCUT2D eigenvalue weighted by Crippen LogP contribution is -2.41. The highest BCUT2D eigenvalue weighted by Gasteiger charge is 2.26. The first-order valence-electron chi connectivity index (χ1n) is 6.43. The second-order valence-electron chi connectivity index (χ2n) is 4.56. The van der Waals surface area contributed by atoms with E-state index >= 15 is 0 Å². The molecule has 0 aliphatic carbocycles. The number of fused-ring (bicyclic) bond motifs is 1. The van der Waals surface area contributed by atoms with E-state index in [0.29, 0.717) is 17.7 Å². The van der Waals surface area contributed by atoms with Crippen molar-refractivity contribution >= 4 is 17.5 Å². The van der Waals surface area contributed by atoms with Crippen molar-refractivity contribution in [3.63, 3.8) is 0 Å². The number of rotatable bonds is 4. The Kier molecular flexibility index (Phi) is 3.97. The number of hydrogen-bond acceptors (Lipinski definition) is 2. The molecule has 0 aromatic heterocycles. The van der Waals surface area contributed by atoms with Crippen LogP contribution in [0.4, 0.5) is 5.69 Å². The zero-order valence-electron chi connectivity index (χ0n) is 10.5. The molecule has 4 nitrogen and oxygen atoms in total. The van der Waals surface area contributed by atoms with Gasteiger partial charge in [-0.2, -0.15) is 0 Å². The minimum absolute atomic E-state index is 0.121. The largest absolute Gasteiger partial charge is 0.340 e. The minimum Gasteiger partial charge on any atom is -0.340 e. The summed E-state index contributed by atoms with van der Waals surface area (Å²) in [5.41, 5.74) is 1.13. The number of para-hydroxylation sites is 1. The van der Waals surface area contributed by atoms with Gasteiger partial charge in [0.05, 0.1) is 11.3 Å². The van der Waals surface area contributed by atoms with Crippen molar-refractivity contribution in [3.05, 3.63) is 29.8 Å². The average Bonchev–Trinajstić information content (AvgIpc) is 2.48. The smallest absolute Gasteiger partial charge is 0.254 e. The molecule has 1 aliphatic rings. The molecule has 1 aromatic rings. The lowest BCUT2D eigenvalue weighted by Gasteiger charge is -2.13. The quantitative estimate of drug-likeness (QED) is 0.801. The summed E-state index contributed by atoms with van der Waals surface area (Å²) in [6.45, 7) is 2.11. The molecule has 2 rings (SSSR count). The summed E-state index contributed by atoms with van der Waals surface area (Å²) in [4.78, 5) is 24.0. The van der Waals surface area contributed by atoms with Gasteiger partial charge in [0.25, 0.3) is 5.91 Å². The van der Waals surface area contributed by atoms with Crippen LogP contribution < -0.4 is 10.6 Å². The van der Waals surface area contributed by atoms with Crippen LogP contribution in [0.5, 0.6) is 0 Å². The first-order valence-corrected chi connectivity index (χ1v) is 6.43. The molecule has 0 saturated carbocycles. The van der Waals surface area contributed by atoms with E-state index in [1.165, 1.54) is 0 Å². The van der Waals surface area contributed by atoms with Gasteiger partial charge in [0.1, 0.15) is 6.04 Å². The molecule has 4 heteroatoms. The predicted octanol–water partition coefficient (Wildman–Crippen LogP) is 2.32. The highest BCUT2D eigenvalue weighted by atomic mass is 16.2. The highest BCUT2D eigenvalue weighted by Crippen LogP contribution is 2.19. The van der Waals surface area contributed by atoms with Crippen molar-refractivity contribution in [2.75, 3.05) is 5.32 Å². The summed E-state index contributed by atoms with van der Waals surface area (Å²) >= 11 is 0. The predicted molar refractivity (Wildman–Crippen MR) is 70.5 cm³/mol. The summed E-state index contributed by atoms with van der Waals surface area (Å²) in [6.07, 6.45) is 3.82. The molecule has 0 radical (unpaired) electrons. The number of carbonyl (C=O) groups is 2. The third-order valence-electron chi connectivity index (χ3n) is 3.15. The van der Waals surface area contributed by atoms with Gasteiger partial charge < -0.3 is 10.6 Å². The molecule has 96 valence electrons. The standard InChI is InChI=1S/C14H18N2O2/c1-2-3-4-9-12-14(18)15-11-8-6-5-7-10(11)13(17)16-12/h5-8,12H,2-4,9H2,1H3,(H,15,18)(H,16,17)/t12-/m0/s1. The van der Waals surface area contributed by atoms with E-state index in [1.54, 1.807) is 18.2 Å². The van der Waals surface area contributed by atoms with E-state index in [1.807, 2.05) is 6.07 Å². The monoisotopic (exact) mass is 246 g/mol. The van der Waals surface area contributed by atoms with Crippen LogP contribution in [-0.2, 0) is 4.79 Å². The van der Waals surface area contributed by atoms with Crippen LogP contribution in [-0.4, -0.2) is 17.9 Å². The van der Waals surface area contributed by atoms with Crippen molar-refractivity contribution in [2.45, 2.75) is 38.6 Å². The zero-order valence-corrected chi connectivity index (χ0v) is 10.5. The Balaban J connectivity index is 2.12. The number of amides is 2. The van der Waals surface area contributed by atoms with Crippen molar-refractivity contribution in [1.82, 2.24) is 5.32 Å². The van der Waals surface area contributed by atoms with Crippen LogP contribution in [0.1, 0.15) is 43.0 Å². The number of benzene rings is 1. The van der Waals surface area contributed by atoms with Crippen LogP contribution in [0.25, 0.3) is 0 Å². The Bertz CT molecular complexity index is 457. The van der Waals surface area contributed by atoms with Gasteiger partial charge in [0, 0.05) is 0 Å². The maximum Gasteiger partial charge on any atom is 0.254 e. The molecule has 0 saturated heterocycles. The normalized spacial score (nSPS) is 18.6. The third kappa shape index (κ3) is 2.70. The van der Waals surface area contributed by atoms with Gasteiger partial charge in [0.15, 0.2) is 0 Å². The Morgan fingerprint density at radius 3 is 2.72 bits per heavy atom. The third-order valence-corrected chi connectivity index (χ3v) is 3.15. The van der Waals surface area contributed by atoms with E-state index in [-0.39, 0.29) is 11.8 Å². The van der Waals surface area contributed by atoms with E-state index < -0.39 is 6.04 Å². The lowest BCUT2D eigenvalue weighted by atomic mass is 10.1. The van der Waals surface area contributed by atoms with E-state index in [9.17, 15) is 9.59 Å². The van der Waals surface area contributed by atoms with E-state index in [2.05, 4.69) is 17.6 Å². The molecule has 1 atom stereocenters. The Morgan fingerprint density at radius 1 is 1.17 bits per heavy atom. The molecule has 0 unspecified atom stereocenters. The number of hydrogen-bond donors (Lipinski definition) is 2. The van der Waals surface area contributed by atoms with Crippen LogP contribution in [0.15, 0.2) is 24.3 Å². The molecule has 2 N–H and O–H groups in total. The van der Waals surface area contributed by atoms with Gasteiger partial charge in [-0.15, -0.1) is 0 Å². The van der Waals surface area contributed by atoms with Gasteiger partial charge in [-0.25, -0.2) is 0 Å². The summed E-state index contributed by atoms with van der Waals surface area (Å²) in [7, 11) is 0. The van der Waals surface area contributed by atoms with Gasteiger partial charge in [-0.3, -0.25) is 9.59 Å². The van der Waals surface area contributed by atoms with Crippen molar-refractivity contribution in [3.8, 4) is 0 Å². The van der Waals surface area contributed by atoms with Crippen LogP contribution >= 0.6 is 0 Å². The molecule has 1 heterocycles. The molecule has 1 aromatic carbocycles. The molecule has 1 aliphatic heterocycles. The van der Waals surface area contributed by atoms with E-state index in [4.69, 9.17) is 0 Å². The molecule has 0 spiro atoms. The first kappa shape index (κ1) is 12.6. The second-order valence-corrected chi connectivity index (χ2v) is 4.56. The first-order chi connectivity index (χ1) is 8.72. The van der Waals surface area contributed by atoms with Gasteiger partial charge in [0.2, 0.25) is 5.91 Å². The lowest BCUT2D eigenvalue weighted by molar-refractivity contribution is -0.118. The average molecular weight is 246 g/mol. The van der Waals surface area contributed by atoms with Crippen LogP contribution in [0.2, 0.25) is 0 Å². The van der Waals surface area contributed by atoms with Gasteiger partial charge in [-0.1, -0.05) is 38.3 Å². The molecule has 2 amide bonds. The maximum absolute atomic E-state index is 12.0. The molecular formula is C14H18N2O2. The fourth-order valence-corrected chi connectivity index (χ4v) is 2.11. The summed E-state index contributed by atoms with van der Waals surface area (Å²) in [5, 5.41) is 5.60. The van der Waals surface area contributed by atoms with E-state index in [0.717, 1.165) is 19.3 Å². The van der Waals surface area contributed by atoms with Crippen molar-refractivity contribution < 1.29 is 9.59 Å². The zero-order chi connectivity index (χ0) is 13.0. The van der Waals surface area contributed by atoms with Crippen molar-refractivity contribution in [2.24, 2.45) is 0 Å². The number of anilines is 1. The molecular weight excluding hydrogens is 228 g/mol. The maximum atomic E-state index is 12.0. The van der Waals surface area contributed by atoms with Crippen LogP contribution in [0, 0.1) is 0 Å². The second kappa shape index (κ2) is 5.67. The fourth-order valence-electron chi connectivity index (χ4n) is 2.11. The van der Waals surface area contributed by atoms with Gasteiger partial charge >= 0.3 is 0 Å². The highest BCUT2D eigenvalue weighted by molar-refractivity contribution is 6.09. The Labute approximate surface area is 107 Å². The minimum atomic E-state index is -0.420. The SMILES string of the molecule is CCCCC[C@@H]1NC(=O)c2ccccc2NC1=O. The summed E-state index contributed by atoms with van der Waals surface area (Å²) in [6, 6.07) is 6.66. The summed E-state index contributed by atoms with van der Waals surface area (Å²) < 4.78 is 0. The topological polar surface area (TPSA) is 58.2 Å². The molecule has 0 bridgehead atoms. The number of carbonyl (C=O) groups excluding carboxylic acids is 2. The summed E-state index contributed by atoms with van der Waals surface area (Å²) in [5.74, 6) is -0.296.